The van der Waals surface area contributed by atoms with E-state index in [1.807, 2.05) is 35.9 Å². The molecule has 2 aromatic rings. The van der Waals surface area contributed by atoms with Crippen molar-refractivity contribution < 1.29 is 4.79 Å². The lowest BCUT2D eigenvalue weighted by Gasteiger charge is -2.06. The summed E-state index contributed by atoms with van der Waals surface area (Å²) in [6, 6.07) is 9.91. The van der Waals surface area contributed by atoms with Crippen molar-refractivity contribution >= 4 is 6.29 Å². The van der Waals surface area contributed by atoms with Crippen LogP contribution in [0.1, 0.15) is 28.7 Å². The van der Waals surface area contributed by atoms with Crippen LogP contribution in [0, 0.1) is 6.92 Å². The molecule has 0 amide bonds. The van der Waals surface area contributed by atoms with Gasteiger partial charge < -0.3 is 0 Å². The highest BCUT2D eigenvalue weighted by molar-refractivity contribution is 5.72. The van der Waals surface area contributed by atoms with Crippen molar-refractivity contribution in [2.75, 3.05) is 0 Å². The first-order valence-corrected chi connectivity index (χ1v) is 5.35. The lowest BCUT2D eigenvalue weighted by Crippen LogP contribution is -2.01. The number of aromatic nitrogens is 2. The molecule has 2 rings (SSSR count). The first-order valence-electron chi connectivity index (χ1n) is 5.35. The van der Waals surface area contributed by atoms with Gasteiger partial charge in [0.15, 0.2) is 6.29 Å². The van der Waals surface area contributed by atoms with Crippen LogP contribution >= 0.6 is 0 Å². The number of carbonyl (C=O) groups excluding carboxylic acids is 1. The Morgan fingerprint density at radius 1 is 1.38 bits per heavy atom. The van der Waals surface area contributed by atoms with Gasteiger partial charge in [0.1, 0.15) is 5.69 Å². The van der Waals surface area contributed by atoms with Gasteiger partial charge in [0, 0.05) is 5.69 Å². The van der Waals surface area contributed by atoms with Crippen molar-refractivity contribution in [2.45, 2.75) is 20.3 Å². The number of benzene rings is 1. The van der Waals surface area contributed by atoms with E-state index in [2.05, 4.69) is 18.1 Å². The predicted octanol–water partition coefficient (Wildman–Crippen LogP) is 2.56. The molecule has 0 fully saturated rings. The number of aryl methyl sites for hydroxylation is 2. The van der Waals surface area contributed by atoms with Crippen LogP contribution in [-0.4, -0.2) is 16.1 Å². The number of hydrogen-bond donors (Lipinski definition) is 0. The van der Waals surface area contributed by atoms with Gasteiger partial charge >= 0.3 is 0 Å². The van der Waals surface area contributed by atoms with Crippen LogP contribution in [0.15, 0.2) is 30.3 Å². The molecular formula is C13H14N2O. The Hall–Kier alpha value is -1.90. The van der Waals surface area contributed by atoms with Crippen molar-refractivity contribution in [3.05, 3.63) is 47.3 Å². The molecule has 16 heavy (non-hydrogen) atoms. The average Bonchev–Trinajstić information content (AvgIpc) is 2.72. The summed E-state index contributed by atoms with van der Waals surface area (Å²) < 4.78 is 1.83. The molecule has 0 aliphatic heterocycles. The van der Waals surface area contributed by atoms with E-state index >= 15 is 0 Å². The largest absolute Gasteiger partial charge is 0.296 e. The summed E-state index contributed by atoms with van der Waals surface area (Å²) in [4.78, 5) is 10.7. The summed E-state index contributed by atoms with van der Waals surface area (Å²) in [5, 5.41) is 4.26. The molecule has 0 bridgehead atoms. The topological polar surface area (TPSA) is 34.9 Å². The Kier molecular flexibility index (Phi) is 2.86. The van der Waals surface area contributed by atoms with Crippen molar-refractivity contribution in [1.29, 1.82) is 0 Å². The van der Waals surface area contributed by atoms with Gasteiger partial charge in [0.2, 0.25) is 0 Å². The van der Waals surface area contributed by atoms with Crippen LogP contribution in [0.4, 0.5) is 0 Å². The van der Waals surface area contributed by atoms with Crippen LogP contribution in [-0.2, 0) is 6.42 Å². The zero-order valence-electron chi connectivity index (χ0n) is 9.47. The highest BCUT2D eigenvalue weighted by Crippen LogP contribution is 2.14. The van der Waals surface area contributed by atoms with Gasteiger partial charge in [-0.3, -0.25) is 4.79 Å². The van der Waals surface area contributed by atoms with Gasteiger partial charge in [-0.15, -0.1) is 0 Å². The SMILES string of the molecule is CCc1cc(C=O)nn1-c1cccc(C)c1. The minimum absolute atomic E-state index is 0.485. The molecule has 1 aromatic carbocycles. The second-order valence-electron chi connectivity index (χ2n) is 3.78. The Bertz CT molecular complexity index is 514. The second kappa shape index (κ2) is 4.31. The van der Waals surface area contributed by atoms with Crippen LogP contribution < -0.4 is 0 Å². The normalized spacial score (nSPS) is 10.4. The monoisotopic (exact) mass is 214 g/mol. The fraction of sp³-hybridized carbons (Fsp3) is 0.231. The molecule has 1 aromatic heterocycles. The maximum absolute atomic E-state index is 10.7. The van der Waals surface area contributed by atoms with E-state index in [1.165, 1.54) is 5.56 Å². The summed E-state index contributed by atoms with van der Waals surface area (Å²) >= 11 is 0. The third-order valence-corrected chi connectivity index (χ3v) is 2.53. The summed E-state index contributed by atoms with van der Waals surface area (Å²) in [7, 11) is 0. The second-order valence-corrected chi connectivity index (χ2v) is 3.78. The summed E-state index contributed by atoms with van der Waals surface area (Å²) in [6.45, 7) is 4.09. The van der Waals surface area contributed by atoms with E-state index in [0.717, 1.165) is 24.1 Å². The molecule has 0 radical (unpaired) electrons. The Labute approximate surface area is 94.7 Å². The Balaban J connectivity index is 2.54. The van der Waals surface area contributed by atoms with E-state index in [-0.39, 0.29) is 0 Å². The molecule has 0 N–H and O–H groups in total. The fourth-order valence-corrected chi connectivity index (χ4v) is 1.73. The van der Waals surface area contributed by atoms with Gasteiger partial charge in [-0.1, -0.05) is 19.1 Å². The summed E-state index contributed by atoms with van der Waals surface area (Å²) in [6.07, 6.45) is 1.64. The minimum atomic E-state index is 0.485. The number of hydrogen-bond acceptors (Lipinski definition) is 2. The molecule has 0 saturated heterocycles. The van der Waals surface area contributed by atoms with Crippen LogP contribution in [0.3, 0.4) is 0 Å². The highest BCUT2D eigenvalue weighted by Gasteiger charge is 2.07. The standard InChI is InChI=1S/C13H14N2O/c1-3-12-8-11(9-16)14-15(12)13-6-4-5-10(2)7-13/h4-9H,3H2,1-2H3. The zero-order chi connectivity index (χ0) is 11.5. The van der Waals surface area contributed by atoms with E-state index in [4.69, 9.17) is 0 Å². The molecular weight excluding hydrogens is 200 g/mol. The summed E-state index contributed by atoms with van der Waals surface area (Å²) in [5.74, 6) is 0. The lowest BCUT2D eigenvalue weighted by atomic mass is 10.2. The first-order chi connectivity index (χ1) is 7.74. The summed E-state index contributed by atoms with van der Waals surface area (Å²) in [5.41, 5.74) is 3.72. The minimum Gasteiger partial charge on any atom is -0.296 e. The maximum atomic E-state index is 10.7. The van der Waals surface area contributed by atoms with Crippen molar-refractivity contribution in [3.8, 4) is 5.69 Å². The number of nitrogens with zero attached hydrogens (tertiary/aromatic N) is 2. The first kappa shape index (κ1) is 10.6. The van der Waals surface area contributed by atoms with Gasteiger partial charge in [-0.2, -0.15) is 5.10 Å². The van der Waals surface area contributed by atoms with E-state index in [9.17, 15) is 4.79 Å². The van der Waals surface area contributed by atoms with Gasteiger partial charge in [-0.25, -0.2) is 4.68 Å². The van der Waals surface area contributed by atoms with Gasteiger partial charge in [0.25, 0.3) is 0 Å². The molecule has 3 heteroatoms. The number of aldehydes is 1. The van der Waals surface area contributed by atoms with E-state index in [1.54, 1.807) is 0 Å². The Morgan fingerprint density at radius 2 is 2.19 bits per heavy atom. The van der Waals surface area contributed by atoms with Crippen LogP contribution in [0.25, 0.3) is 5.69 Å². The maximum Gasteiger partial charge on any atom is 0.170 e. The average molecular weight is 214 g/mol. The van der Waals surface area contributed by atoms with Crippen LogP contribution in [0.2, 0.25) is 0 Å². The molecule has 0 spiro atoms. The number of carbonyl (C=O) groups is 1. The van der Waals surface area contributed by atoms with Crippen molar-refractivity contribution in [3.63, 3.8) is 0 Å². The molecule has 3 nitrogen and oxygen atoms in total. The van der Waals surface area contributed by atoms with Gasteiger partial charge in [-0.05, 0) is 37.1 Å². The number of rotatable bonds is 3. The van der Waals surface area contributed by atoms with Gasteiger partial charge in [0.05, 0.1) is 5.69 Å². The molecule has 0 unspecified atom stereocenters. The molecule has 0 aliphatic rings. The fourth-order valence-electron chi connectivity index (χ4n) is 1.73. The van der Waals surface area contributed by atoms with E-state index < -0.39 is 0 Å². The molecule has 0 atom stereocenters. The predicted molar refractivity (Wildman–Crippen MR) is 63.1 cm³/mol. The molecule has 0 saturated carbocycles. The Morgan fingerprint density at radius 3 is 2.81 bits per heavy atom. The quantitative estimate of drug-likeness (QED) is 0.736. The third kappa shape index (κ3) is 1.89. The zero-order valence-corrected chi connectivity index (χ0v) is 9.47. The van der Waals surface area contributed by atoms with E-state index in [0.29, 0.717) is 5.69 Å². The van der Waals surface area contributed by atoms with Crippen LogP contribution in [0.5, 0.6) is 0 Å². The molecule has 1 heterocycles. The van der Waals surface area contributed by atoms with Crippen molar-refractivity contribution in [1.82, 2.24) is 9.78 Å². The molecule has 82 valence electrons. The molecule has 0 aliphatic carbocycles. The third-order valence-electron chi connectivity index (χ3n) is 2.53. The smallest absolute Gasteiger partial charge is 0.170 e. The highest BCUT2D eigenvalue weighted by atomic mass is 16.1. The lowest BCUT2D eigenvalue weighted by molar-refractivity contribution is 0.111. The van der Waals surface area contributed by atoms with Crippen molar-refractivity contribution in [2.24, 2.45) is 0 Å².